The maximum atomic E-state index is 14.2. The predicted octanol–water partition coefficient (Wildman–Crippen LogP) is 7.00. The largest absolute Gasteiger partial charge is 0.493 e. The van der Waals surface area contributed by atoms with Gasteiger partial charge in [0.2, 0.25) is 0 Å². The van der Waals surface area contributed by atoms with Gasteiger partial charge < -0.3 is 18.9 Å². The lowest BCUT2D eigenvalue weighted by Gasteiger charge is -2.14. The molecule has 184 valence electrons. The van der Waals surface area contributed by atoms with Gasteiger partial charge in [-0.2, -0.15) is 0 Å². The Bertz CT molecular complexity index is 1030. The van der Waals surface area contributed by atoms with Crippen molar-refractivity contribution in [3.63, 3.8) is 0 Å². The fourth-order valence-corrected chi connectivity index (χ4v) is 3.10. The van der Waals surface area contributed by atoms with Crippen LogP contribution in [0.2, 0.25) is 0 Å². The van der Waals surface area contributed by atoms with Gasteiger partial charge in [0.15, 0.2) is 5.76 Å². The fraction of sp³-hybridized carbons (Fsp3) is 0.296. The minimum atomic E-state index is -0.599. The summed E-state index contributed by atoms with van der Waals surface area (Å²) in [6, 6.07) is 6.20. The second-order valence-electron chi connectivity index (χ2n) is 7.49. The van der Waals surface area contributed by atoms with E-state index < -0.39 is 11.8 Å². The third-order valence-electron chi connectivity index (χ3n) is 4.53. The zero-order chi connectivity index (χ0) is 25.8. The molecule has 0 heterocycles. The van der Waals surface area contributed by atoms with Gasteiger partial charge in [-0.25, -0.2) is 9.18 Å². The first-order valence-electron chi connectivity index (χ1n) is 10.5. The number of hydrogen-bond acceptors (Lipinski definition) is 5. The highest BCUT2D eigenvalue weighted by molar-refractivity contribution is 9.12. The Kier molecular flexibility index (Phi) is 12.1. The average molecular weight is 535 g/mol. The zero-order valence-corrected chi connectivity index (χ0v) is 22.1. The van der Waals surface area contributed by atoms with Crippen LogP contribution in [-0.4, -0.2) is 32.9 Å². The summed E-state index contributed by atoms with van der Waals surface area (Å²) in [5.74, 6) is 0.444. The van der Waals surface area contributed by atoms with Gasteiger partial charge in [0.25, 0.3) is 0 Å². The van der Waals surface area contributed by atoms with Crippen LogP contribution in [0.5, 0.6) is 0 Å². The molecular formula is C27H32BrFO5. The Hall–Kier alpha value is -3.06. The second-order valence-corrected chi connectivity index (χ2v) is 8.34. The first-order valence-corrected chi connectivity index (χ1v) is 11.3. The number of methoxy groups -OCH3 is 2. The monoisotopic (exact) mass is 534 g/mol. The maximum absolute atomic E-state index is 14.2. The van der Waals surface area contributed by atoms with Gasteiger partial charge in [0.1, 0.15) is 23.9 Å². The van der Waals surface area contributed by atoms with E-state index in [1.54, 1.807) is 38.3 Å². The SMILES string of the molecule is C=C(C=CC(C(=O)OC)=C(C)c1ccccc1F)OCC(=C)C(Br)=CC(OC)=C(C)OC(C)C. The van der Waals surface area contributed by atoms with Crippen LogP contribution in [0, 0.1) is 5.82 Å². The van der Waals surface area contributed by atoms with E-state index in [0.29, 0.717) is 32.7 Å². The molecule has 0 unspecified atom stereocenters. The van der Waals surface area contributed by atoms with Crippen molar-refractivity contribution < 1.29 is 28.1 Å². The van der Waals surface area contributed by atoms with Gasteiger partial charge in [-0.3, -0.25) is 0 Å². The molecule has 0 N–H and O–H groups in total. The highest BCUT2D eigenvalue weighted by Gasteiger charge is 2.14. The quantitative estimate of drug-likeness (QED) is 0.125. The van der Waals surface area contributed by atoms with Crippen molar-refractivity contribution in [3.8, 4) is 0 Å². The molecule has 7 heteroatoms. The Balaban J connectivity index is 2.96. The number of benzene rings is 1. The summed E-state index contributed by atoms with van der Waals surface area (Å²) >= 11 is 3.47. The molecular weight excluding hydrogens is 503 g/mol. The van der Waals surface area contributed by atoms with Gasteiger partial charge in [0.05, 0.1) is 25.9 Å². The van der Waals surface area contributed by atoms with E-state index in [2.05, 4.69) is 29.1 Å². The highest BCUT2D eigenvalue weighted by Crippen LogP contribution is 2.24. The summed E-state index contributed by atoms with van der Waals surface area (Å²) in [5, 5.41) is 0. The molecule has 0 spiro atoms. The fourth-order valence-electron chi connectivity index (χ4n) is 2.77. The van der Waals surface area contributed by atoms with Crippen molar-refractivity contribution in [1.29, 1.82) is 0 Å². The van der Waals surface area contributed by atoms with E-state index in [9.17, 15) is 9.18 Å². The molecule has 0 fully saturated rings. The molecule has 0 bridgehead atoms. The summed E-state index contributed by atoms with van der Waals surface area (Å²) in [5.41, 5.74) is 1.56. The minimum absolute atomic E-state index is 0.0184. The molecule has 0 aliphatic carbocycles. The van der Waals surface area contributed by atoms with E-state index in [4.69, 9.17) is 18.9 Å². The van der Waals surface area contributed by atoms with Gasteiger partial charge in [-0.1, -0.05) is 47.3 Å². The lowest BCUT2D eigenvalue weighted by atomic mass is 10.0. The molecule has 0 aromatic heterocycles. The molecule has 0 aliphatic heterocycles. The highest BCUT2D eigenvalue weighted by atomic mass is 79.9. The van der Waals surface area contributed by atoms with Crippen molar-refractivity contribution in [1.82, 2.24) is 0 Å². The molecule has 0 amide bonds. The molecule has 1 aromatic carbocycles. The van der Waals surface area contributed by atoms with E-state index in [-0.39, 0.29) is 24.0 Å². The third kappa shape index (κ3) is 9.06. The summed E-state index contributed by atoms with van der Waals surface area (Å²) in [4.78, 5) is 12.3. The van der Waals surface area contributed by atoms with Crippen LogP contribution in [0.1, 0.15) is 33.3 Å². The topological polar surface area (TPSA) is 54.0 Å². The normalized spacial score (nSPS) is 13.3. The van der Waals surface area contributed by atoms with Gasteiger partial charge in [0, 0.05) is 10.0 Å². The van der Waals surface area contributed by atoms with Gasteiger partial charge in [-0.15, -0.1) is 0 Å². The number of carbonyl (C=O) groups is 1. The number of carbonyl (C=O) groups excluding carboxylic acids is 1. The zero-order valence-electron chi connectivity index (χ0n) is 20.5. The van der Waals surface area contributed by atoms with Crippen LogP contribution >= 0.6 is 15.9 Å². The molecule has 0 saturated heterocycles. The summed E-state index contributed by atoms with van der Waals surface area (Å²) in [6.07, 6.45) is 4.77. The van der Waals surface area contributed by atoms with Crippen molar-refractivity contribution in [3.05, 3.63) is 99.9 Å². The Morgan fingerprint density at radius 3 is 2.32 bits per heavy atom. The number of rotatable bonds is 12. The second kappa shape index (κ2) is 14.3. The molecule has 5 nitrogen and oxygen atoms in total. The van der Waals surface area contributed by atoms with Crippen LogP contribution in [0.4, 0.5) is 4.39 Å². The minimum Gasteiger partial charge on any atom is -0.493 e. The number of hydrogen-bond donors (Lipinski definition) is 0. The Morgan fingerprint density at radius 1 is 1.12 bits per heavy atom. The average Bonchev–Trinajstić information content (AvgIpc) is 2.80. The van der Waals surface area contributed by atoms with Crippen molar-refractivity contribution >= 4 is 27.5 Å². The molecule has 1 rings (SSSR count). The van der Waals surface area contributed by atoms with Crippen molar-refractivity contribution in [2.24, 2.45) is 0 Å². The number of allylic oxidation sites excluding steroid dienone is 4. The molecule has 1 aromatic rings. The Morgan fingerprint density at radius 2 is 1.76 bits per heavy atom. The van der Waals surface area contributed by atoms with Crippen molar-refractivity contribution in [2.45, 2.75) is 33.8 Å². The predicted molar refractivity (Wildman–Crippen MR) is 137 cm³/mol. The van der Waals surface area contributed by atoms with E-state index >= 15 is 0 Å². The number of ether oxygens (including phenoxy) is 4. The van der Waals surface area contributed by atoms with E-state index in [1.807, 2.05) is 20.8 Å². The van der Waals surface area contributed by atoms with Crippen LogP contribution in [0.25, 0.3) is 5.57 Å². The van der Waals surface area contributed by atoms with Gasteiger partial charge >= 0.3 is 5.97 Å². The Labute approximate surface area is 210 Å². The maximum Gasteiger partial charge on any atom is 0.338 e. The lowest BCUT2D eigenvalue weighted by molar-refractivity contribution is -0.135. The summed E-state index contributed by atoms with van der Waals surface area (Å²) < 4.78 is 36.4. The molecule has 34 heavy (non-hydrogen) atoms. The molecule has 0 aliphatic rings. The summed E-state index contributed by atoms with van der Waals surface area (Å²) in [6.45, 7) is 15.3. The van der Waals surface area contributed by atoms with Crippen molar-refractivity contribution in [2.75, 3.05) is 20.8 Å². The van der Waals surface area contributed by atoms with Crippen LogP contribution in [-0.2, 0) is 23.7 Å². The first-order chi connectivity index (χ1) is 16.0. The standard InChI is InChI=1S/C27H32BrFO5/c1-17(2)34-21(6)26(31-7)15-24(28)18(3)16-33-19(4)13-14-23(27(30)32-8)20(5)22-11-9-10-12-25(22)29/h9-15,17H,3-4,16H2,1-2,5-8H3. The van der Waals surface area contributed by atoms with E-state index in [0.717, 1.165) is 0 Å². The van der Waals surface area contributed by atoms with Crippen LogP contribution in [0.3, 0.4) is 0 Å². The lowest BCUT2D eigenvalue weighted by Crippen LogP contribution is -2.06. The van der Waals surface area contributed by atoms with E-state index in [1.165, 1.54) is 25.3 Å². The molecule has 0 saturated carbocycles. The van der Waals surface area contributed by atoms with Gasteiger partial charge in [-0.05, 0) is 63.1 Å². The number of esters is 1. The smallest absolute Gasteiger partial charge is 0.338 e. The first kappa shape index (κ1) is 29.0. The number of halogens is 2. The third-order valence-corrected chi connectivity index (χ3v) is 5.32. The molecule has 0 atom stereocenters. The van der Waals surface area contributed by atoms with Crippen LogP contribution in [0.15, 0.2) is 88.6 Å². The molecule has 0 radical (unpaired) electrons. The van der Waals surface area contributed by atoms with Crippen LogP contribution < -0.4 is 0 Å². The summed E-state index contributed by atoms with van der Waals surface area (Å²) in [7, 11) is 2.82.